The lowest BCUT2D eigenvalue weighted by molar-refractivity contribution is -0.128. The second-order valence-corrected chi connectivity index (χ2v) is 5.44. The number of carbonyl (C=O) groups is 1. The first-order chi connectivity index (χ1) is 11.2. The second-order valence-electron chi connectivity index (χ2n) is 5.44. The molecule has 0 unspecified atom stereocenters. The van der Waals surface area contributed by atoms with Crippen molar-refractivity contribution in [3.63, 3.8) is 0 Å². The molecule has 0 aliphatic carbocycles. The Morgan fingerprint density at radius 1 is 1.35 bits per heavy atom. The molecule has 1 saturated heterocycles. The molecule has 0 saturated carbocycles. The van der Waals surface area contributed by atoms with Gasteiger partial charge in [-0.1, -0.05) is 30.2 Å². The van der Waals surface area contributed by atoms with Gasteiger partial charge in [0.15, 0.2) is 5.96 Å². The van der Waals surface area contributed by atoms with Gasteiger partial charge in [-0.2, -0.15) is 0 Å². The van der Waals surface area contributed by atoms with Gasteiger partial charge in [0.25, 0.3) is 0 Å². The number of terminal acetylenes is 1. The number of aliphatic imine (C=N–C) groups is 1. The highest BCUT2D eigenvalue weighted by atomic mass is 16.2. The molecule has 1 aliphatic heterocycles. The Bertz CT molecular complexity index is 603. The van der Waals surface area contributed by atoms with Crippen LogP contribution in [0.15, 0.2) is 29.3 Å². The number of rotatable bonds is 6. The number of guanidine groups is 1. The molecule has 122 valence electrons. The summed E-state index contributed by atoms with van der Waals surface area (Å²) in [4.78, 5) is 18.3. The molecule has 0 aromatic heterocycles. The van der Waals surface area contributed by atoms with Crippen LogP contribution in [-0.4, -0.2) is 36.4 Å². The Morgan fingerprint density at radius 3 is 2.78 bits per heavy atom. The summed E-state index contributed by atoms with van der Waals surface area (Å²) in [5.74, 6) is 3.49. The molecule has 1 aliphatic rings. The van der Waals surface area contributed by atoms with Crippen LogP contribution in [0.25, 0.3) is 0 Å². The molecule has 1 fully saturated rings. The molecule has 0 atom stereocenters. The van der Waals surface area contributed by atoms with Gasteiger partial charge in [-0.05, 0) is 24.5 Å². The Balaban J connectivity index is 2.06. The Kier molecular flexibility index (Phi) is 6.49. The molecule has 0 spiro atoms. The molecule has 0 bridgehead atoms. The molecular formula is C18H24N4O. The van der Waals surface area contributed by atoms with E-state index in [9.17, 15) is 4.79 Å². The molecule has 0 radical (unpaired) electrons. The topological polar surface area (TPSA) is 56.7 Å². The van der Waals surface area contributed by atoms with Gasteiger partial charge in [0.2, 0.25) is 5.91 Å². The fraction of sp³-hybridized carbons (Fsp3) is 0.444. The van der Waals surface area contributed by atoms with Crippen LogP contribution in [0.1, 0.15) is 30.9 Å². The van der Waals surface area contributed by atoms with E-state index in [4.69, 9.17) is 6.42 Å². The van der Waals surface area contributed by atoms with Crippen LogP contribution in [-0.2, 0) is 17.9 Å². The fourth-order valence-electron chi connectivity index (χ4n) is 2.58. The third-order valence-corrected chi connectivity index (χ3v) is 3.76. The smallest absolute Gasteiger partial charge is 0.222 e. The molecule has 2 N–H and O–H groups in total. The number of nitrogens with zero attached hydrogens (tertiary/aromatic N) is 2. The number of nitrogens with one attached hydrogen (secondary N) is 2. The summed E-state index contributed by atoms with van der Waals surface area (Å²) in [5.41, 5.74) is 2.28. The van der Waals surface area contributed by atoms with Crippen LogP contribution in [0.5, 0.6) is 0 Å². The molecule has 23 heavy (non-hydrogen) atoms. The summed E-state index contributed by atoms with van der Waals surface area (Å²) in [6.07, 6.45) is 6.90. The number of amides is 1. The number of hydrogen-bond acceptors (Lipinski definition) is 2. The average Bonchev–Trinajstić information content (AvgIpc) is 2.96. The molecule has 1 heterocycles. The van der Waals surface area contributed by atoms with Crippen LogP contribution in [0, 0.1) is 12.3 Å². The molecule has 1 aromatic rings. The van der Waals surface area contributed by atoms with E-state index in [2.05, 4.69) is 33.7 Å². The van der Waals surface area contributed by atoms with Gasteiger partial charge in [-0.25, -0.2) is 4.99 Å². The van der Waals surface area contributed by atoms with Gasteiger partial charge in [-0.15, -0.1) is 6.42 Å². The van der Waals surface area contributed by atoms with E-state index in [1.807, 2.05) is 24.0 Å². The van der Waals surface area contributed by atoms with Crippen molar-refractivity contribution in [1.29, 1.82) is 0 Å². The van der Waals surface area contributed by atoms with E-state index in [1.165, 1.54) is 0 Å². The zero-order valence-corrected chi connectivity index (χ0v) is 13.6. The summed E-state index contributed by atoms with van der Waals surface area (Å²) in [6.45, 7) is 5.30. The third kappa shape index (κ3) is 5.03. The molecule has 1 aromatic carbocycles. The fourth-order valence-corrected chi connectivity index (χ4v) is 2.58. The highest BCUT2D eigenvalue weighted by Gasteiger charge is 2.20. The Labute approximate surface area is 138 Å². The van der Waals surface area contributed by atoms with Crippen molar-refractivity contribution in [2.24, 2.45) is 4.99 Å². The highest BCUT2D eigenvalue weighted by Crippen LogP contribution is 2.17. The van der Waals surface area contributed by atoms with E-state index in [1.54, 1.807) is 0 Å². The van der Waals surface area contributed by atoms with Crippen LogP contribution in [0.3, 0.4) is 0 Å². The second kappa shape index (κ2) is 8.84. The molecule has 5 heteroatoms. The highest BCUT2D eigenvalue weighted by molar-refractivity contribution is 5.80. The zero-order chi connectivity index (χ0) is 16.5. The van der Waals surface area contributed by atoms with E-state index in [0.717, 1.165) is 30.6 Å². The number of carbonyl (C=O) groups excluding carboxylic acids is 1. The van der Waals surface area contributed by atoms with Gasteiger partial charge in [0.05, 0.1) is 13.1 Å². The van der Waals surface area contributed by atoms with Crippen molar-refractivity contribution in [2.75, 3.05) is 19.6 Å². The zero-order valence-electron chi connectivity index (χ0n) is 13.6. The minimum atomic E-state index is 0.243. The number of likely N-dealkylation sites (tertiary alicyclic amines) is 1. The maximum absolute atomic E-state index is 11.8. The quantitative estimate of drug-likeness (QED) is 0.475. The summed E-state index contributed by atoms with van der Waals surface area (Å²) in [5, 5.41) is 6.24. The lowest BCUT2D eigenvalue weighted by atomic mass is 10.1. The normalized spacial score (nSPS) is 14.7. The molecular weight excluding hydrogens is 288 g/mol. The first-order valence-corrected chi connectivity index (χ1v) is 8.04. The maximum Gasteiger partial charge on any atom is 0.222 e. The van der Waals surface area contributed by atoms with Gasteiger partial charge in [0.1, 0.15) is 0 Å². The van der Waals surface area contributed by atoms with Crippen molar-refractivity contribution >= 4 is 11.9 Å². The minimum Gasteiger partial charge on any atom is -0.357 e. The lowest BCUT2D eigenvalue weighted by Gasteiger charge is -2.18. The van der Waals surface area contributed by atoms with Crippen molar-refractivity contribution < 1.29 is 4.79 Å². The van der Waals surface area contributed by atoms with Crippen LogP contribution < -0.4 is 10.6 Å². The summed E-state index contributed by atoms with van der Waals surface area (Å²) in [7, 11) is 0. The van der Waals surface area contributed by atoms with E-state index >= 15 is 0 Å². The first kappa shape index (κ1) is 16.9. The lowest BCUT2D eigenvalue weighted by Crippen LogP contribution is -2.37. The van der Waals surface area contributed by atoms with Crippen LogP contribution >= 0.6 is 0 Å². The van der Waals surface area contributed by atoms with E-state index < -0.39 is 0 Å². The summed E-state index contributed by atoms with van der Waals surface area (Å²) < 4.78 is 0. The number of hydrogen-bond donors (Lipinski definition) is 2. The van der Waals surface area contributed by atoms with Crippen molar-refractivity contribution in [3.05, 3.63) is 35.4 Å². The number of benzene rings is 1. The predicted molar refractivity (Wildman–Crippen MR) is 92.7 cm³/mol. The molecule has 5 nitrogen and oxygen atoms in total. The Hall–Kier alpha value is -2.48. The van der Waals surface area contributed by atoms with E-state index in [-0.39, 0.29) is 5.91 Å². The van der Waals surface area contributed by atoms with Gasteiger partial charge in [-0.3, -0.25) is 4.79 Å². The van der Waals surface area contributed by atoms with Gasteiger partial charge in [0, 0.05) is 26.1 Å². The first-order valence-electron chi connectivity index (χ1n) is 8.04. The standard InChI is InChI=1S/C18H24N4O/c1-3-11-20-18(19-4-2)21-13-15-8-5-6-9-16(15)14-22-12-7-10-17(22)23/h1,5-6,8-9H,4,7,10-14H2,2H3,(H2,19,20,21). The Morgan fingerprint density at radius 2 is 2.13 bits per heavy atom. The summed E-state index contributed by atoms with van der Waals surface area (Å²) >= 11 is 0. The third-order valence-electron chi connectivity index (χ3n) is 3.76. The molecule has 2 rings (SSSR count). The summed E-state index contributed by atoms with van der Waals surface area (Å²) in [6, 6.07) is 8.13. The van der Waals surface area contributed by atoms with Crippen LogP contribution in [0.4, 0.5) is 0 Å². The van der Waals surface area contributed by atoms with Gasteiger partial charge < -0.3 is 15.5 Å². The van der Waals surface area contributed by atoms with Gasteiger partial charge >= 0.3 is 0 Å². The predicted octanol–water partition coefficient (Wildman–Crippen LogP) is 1.50. The monoisotopic (exact) mass is 312 g/mol. The SMILES string of the molecule is C#CCNC(=NCc1ccccc1CN1CCCC1=O)NCC. The van der Waals surface area contributed by atoms with Crippen LogP contribution in [0.2, 0.25) is 0 Å². The molecule has 1 amide bonds. The largest absolute Gasteiger partial charge is 0.357 e. The van der Waals surface area contributed by atoms with Crippen molar-refractivity contribution in [1.82, 2.24) is 15.5 Å². The maximum atomic E-state index is 11.8. The van der Waals surface area contributed by atoms with Crippen molar-refractivity contribution in [3.8, 4) is 12.3 Å². The van der Waals surface area contributed by atoms with E-state index in [0.29, 0.717) is 32.0 Å². The minimum absolute atomic E-state index is 0.243. The average molecular weight is 312 g/mol. The van der Waals surface area contributed by atoms with Crippen molar-refractivity contribution in [2.45, 2.75) is 32.9 Å².